The van der Waals surface area contributed by atoms with Crippen molar-refractivity contribution < 1.29 is 49.0 Å². The highest BCUT2D eigenvalue weighted by Gasteiger charge is 2.44. The molecule has 10 heteroatoms. The number of aliphatic hydroxyl groups is 4. The van der Waals surface area contributed by atoms with Crippen molar-refractivity contribution in [3.05, 3.63) is 0 Å². The van der Waals surface area contributed by atoms with Gasteiger partial charge < -0.3 is 39.4 Å². The monoisotopic (exact) mass is 674 g/mol. The quantitative estimate of drug-likeness (QED) is 0.0464. The summed E-state index contributed by atoms with van der Waals surface area (Å²) in [6, 6.07) is 0. The molecule has 278 valence electrons. The van der Waals surface area contributed by atoms with E-state index < -0.39 is 55.4 Å². The van der Waals surface area contributed by atoms with E-state index in [-0.39, 0.29) is 19.6 Å². The highest BCUT2D eigenvalue weighted by Crippen LogP contribution is 2.22. The maximum atomic E-state index is 12.4. The van der Waals surface area contributed by atoms with Crippen LogP contribution in [0.5, 0.6) is 0 Å². The molecule has 0 radical (unpaired) electrons. The molecule has 4 N–H and O–H groups in total. The molecule has 1 aliphatic rings. The second-order valence-electron chi connectivity index (χ2n) is 13.5. The SMILES string of the molecule is CCCCCCCCCCCCCCCCCCCCCCCCCC(=O)OC(COC(C)=O)COC1OC(CO)C(O)C(O)C1O. The molecule has 0 saturated carbocycles. The molecular weight excluding hydrogens is 604 g/mol. The van der Waals surface area contributed by atoms with Gasteiger partial charge in [-0.15, -0.1) is 0 Å². The van der Waals surface area contributed by atoms with Gasteiger partial charge in [0.25, 0.3) is 0 Å². The molecule has 0 spiro atoms. The number of hydrogen-bond donors (Lipinski definition) is 4. The Morgan fingerprint density at radius 2 is 1.04 bits per heavy atom. The lowest BCUT2D eigenvalue weighted by Crippen LogP contribution is -2.59. The highest BCUT2D eigenvalue weighted by molar-refractivity contribution is 5.69. The van der Waals surface area contributed by atoms with Crippen LogP contribution in [0.1, 0.15) is 168 Å². The molecule has 1 aliphatic heterocycles. The normalized spacial score (nSPS) is 21.9. The first-order chi connectivity index (χ1) is 22.8. The van der Waals surface area contributed by atoms with Crippen molar-refractivity contribution in [1.82, 2.24) is 0 Å². The van der Waals surface area contributed by atoms with Gasteiger partial charge in [0.05, 0.1) is 13.2 Å². The Hall–Kier alpha value is -1.30. The Balaban J connectivity index is 2.00. The second-order valence-corrected chi connectivity index (χ2v) is 13.5. The summed E-state index contributed by atoms with van der Waals surface area (Å²) in [5, 5.41) is 39.3. The zero-order valence-corrected chi connectivity index (χ0v) is 29.8. The average molecular weight is 675 g/mol. The molecule has 0 aliphatic carbocycles. The summed E-state index contributed by atoms with van der Waals surface area (Å²) in [5.41, 5.74) is 0. The standard InChI is InChI=1S/C37H70O10/c1-3-4-5-6-7-8-9-10-11-12-13-14-15-16-17-18-19-20-21-22-23-24-25-26-33(40)46-31(28-44-30(2)39)29-45-37-36(43)35(42)34(41)32(27-38)47-37/h31-32,34-38,41-43H,3-29H2,1-2H3. The lowest BCUT2D eigenvalue weighted by Gasteiger charge is -2.39. The summed E-state index contributed by atoms with van der Waals surface area (Å²) in [7, 11) is 0. The van der Waals surface area contributed by atoms with Crippen molar-refractivity contribution in [3.8, 4) is 0 Å². The van der Waals surface area contributed by atoms with Crippen LogP contribution in [-0.4, -0.2) is 89.0 Å². The molecule has 1 saturated heterocycles. The summed E-state index contributed by atoms with van der Waals surface area (Å²) >= 11 is 0. The van der Waals surface area contributed by atoms with Crippen molar-refractivity contribution in [1.29, 1.82) is 0 Å². The Morgan fingerprint density at radius 1 is 0.617 bits per heavy atom. The molecule has 1 heterocycles. The van der Waals surface area contributed by atoms with Crippen LogP contribution in [-0.2, 0) is 28.5 Å². The zero-order valence-electron chi connectivity index (χ0n) is 29.8. The van der Waals surface area contributed by atoms with Crippen LogP contribution in [0.2, 0.25) is 0 Å². The van der Waals surface area contributed by atoms with Gasteiger partial charge in [-0.05, 0) is 6.42 Å². The van der Waals surface area contributed by atoms with E-state index in [1.165, 1.54) is 129 Å². The zero-order chi connectivity index (χ0) is 34.5. The molecule has 0 amide bonds. The maximum Gasteiger partial charge on any atom is 0.306 e. The predicted molar refractivity (Wildman–Crippen MR) is 183 cm³/mol. The Kier molecular flexibility index (Phi) is 27.5. The van der Waals surface area contributed by atoms with Crippen LogP contribution < -0.4 is 0 Å². The van der Waals surface area contributed by atoms with Crippen molar-refractivity contribution in [3.63, 3.8) is 0 Å². The number of hydrogen-bond acceptors (Lipinski definition) is 10. The van der Waals surface area contributed by atoms with E-state index in [1.54, 1.807) is 0 Å². The fourth-order valence-corrected chi connectivity index (χ4v) is 6.03. The van der Waals surface area contributed by atoms with Crippen LogP contribution >= 0.6 is 0 Å². The Labute approximate surface area is 285 Å². The van der Waals surface area contributed by atoms with E-state index in [0.29, 0.717) is 6.42 Å². The highest BCUT2D eigenvalue weighted by atomic mass is 16.7. The fourth-order valence-electron chi connectivity index (χ4n) is 6.03. The molecule has 0 aromatic rings. The molecule has 6 atom stereocenters. The first kappa shape index (κ1) is 43.7. The molecule has 10 nitrogen and oxygen atoms in total. The minimum Gasteiger partial charge on any atom is -0.462 e. The van der Waals surface area contributed by atoms with Gasteiger partial charge in [0.1, 0.15) is 31.0 Å². The molecule has 6 unspecified atom stereocenters. The number of aliphatic hydroxyl groups excluding tert-OH is 4. The van der Waals surface area contributed by atoms with Gasteiger partial charge in [-0.25, -0.2) is 0 Å². The molecule has 0 aromatic heterocycles. The molecule has 0 bridgehead atoms. The topological polar surface area (TPSA) is 152 Å². The summed E-state index contributed by atoms with van der Waals surface area (Å²) in [6.07, 6.45) is 22.2. The Bertz CT molecular complexity index is 749. The van der Waals surface area contributed by atoms with Gasteiger partial charge >= 0.3 is 11.9 Å². The van der Waals surface area contributed by atoms with Crippen LogP contribution in [0.15, 0.2) is 0 Å². The molecule has 0 aromatic carbocycles. The van der Waals surface area contributed by atoms with Gasteiger partial charge in [-0.2, -0.15) is 0 Å². The van der Waals surface area contributed by atoms with E-state index >= 15 is 0 Å². The van der Waals surface area contributed by atoms with Crippen LogP contribution in [0, 0.1) is 0 Å². The van der Waals surface area contributed by atoms with Crippen molar-refractivity contribution >= 4 is 11.9 Å². The van der Waals surface area contributed by atoms with Gasteiger partial charge in [-0.1, -0.05) is 148 Å². The molecule has 1 rings (SSSR count). The lowest BCUT2D eigenvalue weighted by molar-refractivity contribution is -0.305. The number of rotatable bonds is 31. The van der Waals surface area contributed by atoms with Crippen molar-refractivity contribution in [2.24, 2.45) is 0 Å². The maximum absolute atomic E-state index is 12.4. The van der Waals surface area contributed by atoms with Crippen molar-refractivity contribution in [2.75, 3.05) is 19.8 Å². The number of esters is 2. The van der Waals surface area contributed by atoms with Crippen LogP contribution in [0.4, 0.5) is 0 Å². The van der Waals surface area contributed by atoms with Gasteiger partial charge in [0.15, 0.2) is 12.4 Å². The minimum atomic E-state index is -1.58. The number of unbranched alkanes of at least 4 members (excludes halogenated alkanes) is 22. The summed E-state index contributed by atoms with van der Waals surface area (Å²) in [6.45, 7) is 2.41. The summed E-state index contributed by atoms with van der Waals surface area (Å²) < 4.78 is 21.2. The van der Waals surface area contributed by atoms with Crippen molar-refractivity contribution in [2.45, 2.75) is 205 Å². The summed E-state index contributed by atoms with van der Waals surface area (Å²) in [4.78, 5) is 23.7. The molecule has 1 fully saturated rings. The largest absolute Gasteiger partial charge is 0.462 e. The van der Waals surface area contributed by atoms with E-state index in [1.807, 2.05) is 0 Å². The van der Waals surface area contributed by atoms with Gasteiger partial charge in [0, 0.05) is 13.3 Å². The predicted octanol–water partition coefficient (Wildman–Crippen LogP) is 6.66. The Morgan fingerprint density at radius 3 is 1.45 bits per heavy atom. The average Bonchev–Trinajstić information content (AvgIpc) is 3.05. The first-order valence-corrected chi connectivity index (χ1v) is 19.0. The third-order valence-corrected chi connectivity index (χ3v) is 9.05. The third kappa shape index (κ3) is 22.9. The van der Waals surface area contributed by atoms with E-state index in [4.69, 9.17) is 18.9 Å². The second kappa shape index (κ2) is 29.6. The number of ether oxygens (including phenoxy) is 4. The van der Waals surface area contributed by atoms with E-state index in [9.17, 15) is 30.0 Å². The number of carbonyl (C=O) groups is 2. The van der Waals surface area contributed by atoms with Crippen LogP contribution in [0.25, 0.3) is 0 Å². The first-order valence-electron chi connectivity index (χ1n) is 19.0. The van der Waals surface area contributed by atoms with Gasteiger partial charge in [-0.3, -0.25) is 9.59 Å². The lowest BCUT2D eigenvalue weighted by atomic mass is 9.99. The fraction of sp³-hybridized carbons (Fsp3) is 0.946. The molecular formula is C37H70O10. The van der Waals surface area contributed by atoms with Gasteiger partial charge in [0.2, 0.25) is 0 Å². The smallest absolute Gasteiger partial charge is 0.306 e. The number of carbonyl (C=O) groups excluding carboxylic acids is 2. The van der Waals surface area contributed by atoms with E-state index in [0.717, 1.165) is 19.3 Å². The summed E-state index contributed by atoms with van der Waals surface area (Å²) in [5.74, 6) is -0.989. The third-order valence-electron chi connectivity index (χ3n) is 9.05. The molecule has 47 heavy (non-hydrogen) atoms. The minimum absolute atomic E-state index is 0.232. The van der Waals surface area contributed by atoms with E-state index in [2.05, 4.69) is 6.92 Å². The van der Waals surface area contributed by atoms with Crippen LogP contribution in [0.3, 0.4) is 0 Å².